The van der Waals surface area contributed by atoms with Crippen molar-refractivity contribution in [2.45, 2.75) is 0 Å². The van der Waals surface area contributed by atoms with E-state index in [1.807, 2.05) is 0 Å². The zero-order valence-corrected chi connectivity index (χ0v) is 56.0. The van der Waals surface area contributed by atoms with Crippen LogP contribution in [0.3, 0.4) is 0 Å². The molecule has 0 atom stereocenters. The summed E-state index contributed by atoms with van der Waals surface area (Å²) in [5.74, 6) is -2.45. The summed E-state index contributed by atoms with van der Waals surface area (Å²) in [6, 6.07) is 7.27. The van der Waals surface area contributed by atoms with Gasteiger partial charge in [-0.1, -0.05) is 0 Å². The van der Waals surface area contributed by atoms with Crippen LogP contribution in [0.15, 0.2) is 454 Å². The third-order valence-corrected chi connectivity index (χ3v) is 8.06. The number of hydrogen-bond donors (Lipinski definition) is 3. The van der Waals surface area contributed by atoms with Crippen LogP contribution in [-0.2, 0) is 0 Å². The molecular weight excluding hydrogens is 1560 g/mol. The molecule has 0 bridgehead atoms. The van der Waals surface area contributed by atoms with Crippen molar-refractivity contribution in [3.63, 3.8) is 0 Å². The first-order valence-electron chi connectivity index (χ1n) is 27.0. The van der Waals surface area contributed by atoms with E-state index in [0.717, 1.165) is 12.1 Å². The van der Waals surface area contributed by atoms with Crippen molar-refractivity contribution < 1.29 is 28.9 Å². The Morgan fingerprint density at radius 3 is 0.588 bits per heavy atom. The molecule has 0 radical (unpaired) electrons. The van der Waals surface area contributed by atoms with Crippen molar-refractivity contribution in [2.75, 3.05) is 67.5 Å². The van der Waals surface area contributed by atoms with Crippen LogP contribution in [0, 0.1) is 0 Å². The number of benzene rings is 2. The highest BCUT2D eigenvalue weighted by Crippen LogP contribution is 2.31. The number of rotatable bonds is 54. The number of hydrogen-bond acceptors (Lipinski definition) is 16. The Labute approximate surface area is 616 Å². The second-order valence-corrected chi connectivity index (χ2v) is 14.4. The van der Waals surface area contributed by atoms with E-state index in [9.17, 15) is 9.59 Å². The molecule has 114 heavy (non-hydrogen) atoms. The van der Waals surface area contributed by atoms with Gasteiger partial charge in [0, 0.05) is 271 Å². The van der Waals surface area contributed by atoms with Crippen LogP contribution in [0.25, 0.3) is 0 Å². The molecule has 0 aliphatic rings. The molecule has 90 heteroatoms. The van der Waals surface area contributed by atoms with Crippen LogP contribution in [-0.4, -0.2) is 84.2 Å². The zero-order valence-electron chi connectivity index (χ0n) is 56.0. The highest BCUT2D eigenvalue weighted by molar-refractivity contribution is 5.95. The van der Waals surface area contributed by atoms with E-state index in [0.29, 0.717) is 6.54 Å². The number of nitrogens with one attached hydrogen (secondary N) is 2. The Morgan fingerprint density at radius 1 is 0.246 bits per heavy atom. The Bertz CT molecular complexity index is 4120. The van der Waals surface area contributed by atoms with Crippen molar-refractivity contribution in [1.82, 2.24) is 15.5 Å². The third-order valence-electron chi connectivity index (χ3n) is 8.06. The van der Waals surface area contributed by atoms with Gasteiger partial charge in [0.15, 0.2) is 0 Å². The van der Waals surface area contributed by atoms with Gasteiger partial charge in [0.1, 0.15) is 0 Å². The summed E-state index contributed by atoms with van der Waals surface area (Å²) < 4.78 is 0. The van der Waals surface area contributed by atoms with Crippen LogP contribution < -0.4 is 35.7 Å². The molecule has 0 fully saturated rings. The predicted molar refractivity (Wildman–Crippen MR) is 323 cm³/mol. The normalized spacial score (nSPS) is 14.4. The molecule has 0 aliphatic carbocycles. The lowest BCUT2D eigenvalue weighted by Crippen LogP contribution is -2.41. The van der Waals surface area contributed by atoms with Gasteiger partial charge in [-0.25, -0.2) is 0 Å². The number of carbonyl (C=O) groups is 2. The minimum Gasteiger partial charge on any atom is -0.351 e. The van der Waals surface area contributed by atoms with Crippen LogP contribution in [0.5, 0.6) is 23.0 Å². The summed E-state index contributed by atoms with van der Waals surface area (Å²) in [5, 5.41) is 255. The average molecular weight is 1600 g/mol. The highest BCUT2D eigenvalue weighted by Gasteiger charge is 2.16. The highest BCUT2D eigenvalue weighted by atomic mass is 16.7. The first kappa shape index (κ1) is 90.6. The summed E-state index contributed by atoms with van der Waals surface area (Å²) in [5.41, 5.74) is 5.81. The largest absolute Gasteiger partial charge is 0.351 e. The molecule has 2 aromatic carbocycles. The number of nitrogens with two attached hydrogens (primary N) is 1. The topological polar surface area (TPSA) is 1110 Å². The standard InChI is InChI=1S/C24H34N84O6/c1-26-32-36-40-44-48-52-56-60-64-68-72-76-80-84-88-92-96-100-104-111-19-7-5-17(15-21(19)113-106-102-98-94-90-86-82-78-74-70-66-62-58-54-50-46-42-38-34-28-3)23(109)30-10-13-108(12-9-25)14-11-31-24(110)18-6-8-20(112-105-101-97-93-89-85-81-77-73-69-65-61-57-53-49-45-41-37-33-27-2)22(16-18)114-107-103-99-95-91-87-83-79-75-71-67-63-59-55-51-47-43-39-35-29-4/h5-8,15-16H,9-14,25H2,1-4H3,(H,30,109)(H,31,110). The van der Waals surface area contributed by atoms with Crippen molar-refractivity contribution in [2.24, 2.45) is 423 Å². The van der Waals surface area contributed by atoms with Gasteiger partial charge in [0.25, 0.3) is 11.8 Å². The molecule has 586 valence electrons. The van der Waals surface area contributed by atoms with Crippen LogP contribution in [0.1, 0.15) is 20.7 Å². The van der Waals surface area contributed by atoms with E-state index in [-0.39, 0.29) is 66.8 Å². The molecule has 2 rings (SSSR count). The Morgan fingerprint density at radius 2 is 0.412 bits per heavy atom. The molecule has 90 nitrogen and oxygen atoms in total. The maximum Gasteiger partial charge on any atom is 0.251 e. The second kappa shape index (κ2) is 71.9. The molecule has 0 heterocycles. The van der Waals surface area contributed by atoms with Crippen LogP contribution >= 0.6 is 0 Å². The minimum atomic E-state index is -0.651. The Kier molecular flexibility index (Phi) is 57.1. The first-order valence-corrected chi connectivity index (χ1v) is 27.0. The summed E-state index contributed by atoms with van der Waals surface area (Å²) in [4.78, 5) is 49.5. The molecule has 0 saturated heterocycles. The van der Waals surface area contributed by atoms with Gasteiger partial charge in [-0.05, 0) is 191 Å². The smallest absolute Gasteiger partial charge is 0.251 e. The lowest BCUT2D eigenvalue weighted by molar-refractivity contribution is 0.0948. The van der Waals surface area contributed by atoms with Gasteiger partial charge < -0.3 is 35.7 Å². The first-order chi connectivity index (χ1) is 56.5. The SMILES string of the molecule is CN=NN=NN=NN=NN=NN=NN=NN=NN=NN=NOc1ccc(C(=O)NCCN(CCN)CCNC(=O)c2ccc(ON=NN=NN=NN=NN=NN=NN=NN=NN=NN=NC)c(ON=NN=NN=NN=NN=NN=NN=NN=NN=NN=NC)c2)cc1ON=NN=NN=NN=NN=NN=NN=NN=NN=NN=NC. The van der Waals surface area contributed by atoms with Gasteiger partial charge in [0.05, 0.1) is 49.3 Å². The molecule has 0 saturated carbocycles. The molecule has 2 aromatic rings. The summed E-state index contributed by atoms with van der Waals surface area (Å²) in [7, 11) is 5.41. The van der Waals surface area contributed by atoms with Crippen LogP contribution in [0.4, 0.5) is 0 Å². The van der Waals surface area contributed by atoms with Crippen molar-refractivity contribution in [3.05, 3.63) is 47.5 Å². The van der Waals surface area contributed by atoms with Gasteiger partial charge in [0.2, 0.25) is 23.0 Å². The quantitative estimate of drug-likeness (QED) is 0.0421. The zero-order chi connectivity index (χ0) is 81.5. The number of amides is 2. The fourth-order valence-electron chi connectivity index (χ4n) is 4.59. The molecule has 0 unspecified atom stereocenters. The van der Waals surface area contributed by atoms with Crippen molar-refractivity contribution in [3.8, 4) is 23.0 Å². The number of carbonyl (C=O) groups excluding carboxylic acids is 2. The molecule has 2 amide bonds. The van der Waals surface area contributed by atoms with Gasteiger partial charge in [-0.2, -0.15) is 20.5 Å². The van der Waals surface area contributed by atoms with Crippen molar-refractivity contribution in [1.29, 1.82) is 0 Å². The molecule has 4 N–H and O–H groups in total. The van der Waals surface area contributed by atoms with E-state index in [4.69, 9.17) is 25.1 Å². The van der Waals surface area contributed by atoms with E-state index in [2.05, 4.69) is 428 Å². The van der Waals surface area contributed by atoms with E-state index < -0.39 is 11.8 Å². The average Bonchev–Trinajstić information content (AvgIpc) is 0.853. The molecular formula is C24H34N84O6. The van der Waals surface area contributed by atoms with Crippen LogP contribution in [0.2, 0.25) is 0 Å². The Hall–Kier alpha value is -19.5. The van der Waals surface area contributed by atoms with Gasteiger partial charge in [-0.3, -0.25) is 14.5 Å². The summed E-state index contributed by atoms with van der Waals surface area (Å²) in [6.07, 6.45) is 0. The molecule has 0 aromatic heterocycles. The van der Waals surface area contributed by atoms with E-state index >= 15 is 0 Å². The molecule has 0 spiro atoms. The number of nitrogens with zero attached hydrogens (tertiary/aromatic N) is 81. The van der Waals surface area contributed by atoms with E-state index in [1.54, 1.807) is 4.90 Å². The minimum absolute atomic E-state index is 0.0203. The Balaban J connectivity index is 2.20. The fourth-order valence-corrected chi connectivity index (χ4v) is 4.59. The molecule has 0 aliphatic heterocycles. The third kappa shape index (κ3) is 56.1. The fraction of sp³-hybridized carbons (Fsp3) is 0.417. The summed E-state index contributed by atoms with van der Waals surface area (Å²) >= 11 is 0. The summed E-state index contributed by atoms with van der Waals surface area (Å²) in [6.45, 7) is 0.893. The van der Waals surface area contributed by atoms with E-state index in [1.165, 1.54) is 52.5 Å². The van der Waals surface area contributed by atoms with Crippen molar-refractivity contribution >= 4 is 11.8 Å². The lowest BCUT2D eigenvalue weighted by Gasteiger charge is -2.22. The maximum atomic E-state index is 13.4. The monoisotopic (exact) mass is 1590 g/mol. The second-order valence-electron chi connectivity index (χ2n) is 14.4. The van der Waals surface area contributed by atoms with Gasteiger partial charge in [-0.15, -0.1) is 0 Å². The lowest BCUT2D eigenvalue weighted by atomic mass is 10.2. The maximum absolute atomic E-state index is 13.4. The predicted octanol–water partition coefficient (Wildman–Crippen LogP) is 15.8. The van der Waals surface area contributed by atoms with Gasteiger partial charge >= 0.3 is 0 Å².